The van der Waals surface area contributed by atoms with Crippen molar-refractivity contribution >= 4 is 17.5 Å². The second-order valence-corrected chi connectivity index (χ2v) is 5.13. The van der Waals surface area contributed by atoms with Crippen molar-refractivity contribution in [1.29, 1.82) is 0 Å². The van der Waals surface area contributed by atoms with Crippen LogP contribution in [0.1, 0.15) is 37.3 Å². The maximum absolute atomic E-state index is 12.0. The number of carbonyl (C=O) groups is 1. The number of hydrogen-bond donors (Lipinski definition) is 0. The molecule has 0 spiro atoms. The zero-order valence-corrected chi connectivity index (χ0v) is 12.0. The fourth-order valence-corrected chi connectivity index (χ4v) is 2.81. The van der Waals surface area contributed by atoms with Crippen LogP contribution in [-0.4, -0.2) is 30.3 Å². The largest absolute Gasteiger partial charge is 0.497 e. The number of rotatable bonds is 3. The van der Waals surface area contributed by atoms with Crippen molar-refractivity contribution in [2.24, 2.45) is 0 Å². The van der Waals surface area contributed by atoms with E-state index in [1.807, 2.05) is 29.2 Å². The van der Waals surface area contributed by atoms with Gasteiger partial charge >= 0.3 is 0 Å². The summed E-state index contributed by atoms with van der Waals surface area (Å²) in [6.07, 6.45) is 4.41. The number of nitrogens with zero attached hydrogens (tertiary/aromatic N) is 1. The van der Waals surface area contributed by atoms with Crippen LogP contribution in [0.5, 0.6) is 5.75 Å². The monoisotopic (exact) mass is 281 g/mol. The van der Waals surface area contributed by atoms with Gasteiger partial charge in [-0.3, -0.25) is 4.79 Å². The van der Waals surface area contributed by atoms with E-state index in [1.54, 1.807) is 7.11 Å². The number of likely N-dealkylation sites (tertiary alicyclic amines) is 1. The van der Waals surface area contributed by atoms with Crippen LogP contribution in [0.4, 0.5) is 0 Å². The van der Waals surface area contributed by atoms with Crippen LogP contribution in [0.2, 0.25) is 0 Å². The van der Waals surface area contributed by atoms with E-state index in [1.165, 1.54) is 12.0 Å². The van der Waals surface area contributed by atoms with Gasteiger partial charge in [0.2, 0.25) is 5.91 Å². The first-order valence-corrected chi connectivity index (χ1v) is 7.29. The number of carbonyl (C=O) groups excluding carboxylic acids is 1. The minimum atomic E-state index is 0.0318. The highest BCUT2D eigenvalue weighted by Gasteiger charge is 2.25. The molecule has 1 atom stereocenters. The fraction of sp³-hybridized carbons (Fsp3) is 0.533. The molecular formula is C15H20ClNO2. The van der Waals surface area contributed by atoms with Crippen LogP contribution in [0.15, 0.2) is 24.3 Å². The van der Waals surface area contributed by atoms with Gasteiger partial charge < -0.3 is 9.64 Å². The lowest BCUT2D eigenvalue weighted by atomic mass is 10.0. The number of halogens is 1. The Kier molecular flexibility index (Phi) is 5.08. The molecule has 1 aliphatic heterocycles. The van der Waals surface area contributed by atoms with Crippen molar-refractivity contribution in [3.8, 4) is 5.75 Å². The Morgan fingerprint density at radius 3 is 2.68 bits per heavy atom. The van der Waals surface area contributed by atoms with Gasteiger partial charge in [-0.25, -0.2) is 0 Å². The Balaban J connectivity index is 2.23. The summed E-state index contributed by atoms with van der Waals surface area (Å²) in [5.41, 5.74) is 1.17. The van der Waals surface area contributed by atoms with Crippen molar-refractivity contribution in [1.82, 2.24) is 4.90 Å². The predicted molar refractivity (Wildman–Crippen MR) is 76.6 cm³/mol. The third-order valence-electron chi connectivity index (χ3n) is 3.69. The summed E-state index contributed by atoms with van der Waals surface area (Å²) >= 11 is 5.73. The highest BCUT2D eigenvalue weighted by Crippen LogP contribution is 2.31. The van der Waals surface area contributed by atoms with Crippen molar-refractivity contribution in [3.05, 3.63) is 29.8 Å². The summed E-state index contributed by atoms with van der Waals surface area (Å²) < 4.78 is 5.18. The van der Waals surface area contributed by atoms with E-state index in [0.717, 1.165) is 31.6 Å². The van der Waals surface area contributed by atoms with E-state index in [0.29, 0.717) is 0 Å². The molecule has 19 heavy (non-hydrogen) atoms. The molecule has 0 radical (unpaired) electrons. The quantitative estimate of drug-likeness (QED) is 0.795. The summed E-state index contributed by atoms with van der Waals surface area (Å²) in [6.45, 7) is 0.808. The zero-order chi connectivity index (χ0) is 13.7. The fourth-order valence-electron chi connectivity index (χ4n) is 2.66. The minimum absolute atomic E-state index is 0.0318. The molecule has 1 aliphatic rings. The molecule has 3 nitrogen and oxygen atoms in total. The second kappa shape index (κ2) is 6.80. The summed E-state index contributed by atoms with van der Waals surface area (Å²) in [5.74, 6) is 0.934. The topological polar surface area (TPSA) is 29.5 Å². The summed E-state index contributed by atoms with van der Waals surface area (Å²) in [4.78, 5) is 13.9. The van der Waals surface area contributed by atoms with Crippen molar-refractivity contribution in [2.45, 2.75) is 31.7 Å². The molecule has 1 fully saturated rings. The van der Waals surface area contributed by atoms with Crippen LogP contribution < -0.4 is 4.74 Å². The van der Waals surface area contributed by atoms with E-state index in [-0.39, 0.29) is 17.8 Å². The van der Waals surface area contributed by atoms with Crippen LogP contribution in [0, 0.1) is 0 Å². The van der Waals surface area contributed by atoms with E-state index >= 15 is 0 Å². The molecule has 1 amide bonds. The van der Waals surface area contributed by atoms with Gasteiger partial charge in [0.1, 0.15) is 11.6 Å². The number of hydrogen-bond acceptors (Lipinski definition) is 2. The Bertz CT molecular complexity index is 419. The van der Waals surface area contributed by atoms with Crippen molar-refractivity contribution in [2.75, 3.05) is 19.5 Å². The van der Waals surface area contributed by atoms with Gasteiger partial charge in [-0.2, -0.15) is 0 Å². The first-order valence-electron chi connectivity index (χ1n) is 6.75. The first kappa shape index (κ1) is 14.2. The normalized spacial score (nSPS) is 19.9. The number of amides is 1. The summed E-state index contributed by atoms with van der Waals surface area (Å²) in [6, 6.07) is 8.14. The standard InChI is InChI=1S/C15H20ClNO2/c1-19-13-8-6-12(7-9-13)14-5-3-2-4-10-17(14)15(18)11-16/h6-9,14H,2-5,10-11H2,1H3. The second-order valence-electron chi connectivity index (χ2n) is 4.86. The number of methoxy groups -OCH3 is 1. The van der Waals surface area contributed by atoms with E-state index in [4.69, 9.17) is 16.3 Å². The smallest absolute Gasteiger partial charge is 0.238 e. The highest BCUT2D eigenvalue weighted by molar-refractivity contribution is 6.27. The maximum atomic E-state index is 12.0. The van der Waals surface area contributed by atoms with E-state index < -0.39 is 0 Å². The van der Waals surface area contributed by atoms with Gasteiger partial charge in [0.25, 0.3) is 0 Å². The van der Waals surface area contributed by atoms with Crippen molar-refractivity contribution < 1.29 is 9.53 Å². The van der Waals surface area contributed by atoms with Crippen LogP contribution in [-0.2, 0) is 4.79 Å². The zero-order valence-electron chi connectivity index (χ0n) is 11.3. The lowest BCUT2D eigenvalue weighted by molar-refractivity contribution is -0.130. The van der Waals surface area contributed by atoms with Gasteiger partial charge in [0.05, 0.1) is 13.2 Å². The van der Waals surface area contributed by atoms with Crippen molar-refractivity contribution in [3.63, 3.8) is 0 Å². The third kappa shape index (κ3) is 3.41. The molecule has 2 rings (SSSR count). The highest BCUT2D eigenvalue weighted by atomic mass is 35.5. The predicted octanol–water partition coefficient (Wildman–Crippen LogP) is 3.38. The van der Waals surface area contributed by atoms with Gasteiger partial charge in [-0.15, -0.1) is 11.6 Å². The Morgan fingerprint density at radius 2 is 2.05 bits per heavy atom. The molecule has 104 valence electrons. The minimum Gasteiger partial charge on any atom is -0.497 e. The average molecular weight is 282 g/mol. The SMILES string of the molecule is COc1ccc(C2CCCCCN2C(=O)CCl)cc1. The lowest BCUT2D eigenvalue weighted by Gasteiger charge is -2.30. The molecule has 0 N–H and O–H groups in total. The molecule has 0 aliphatic carbocycles. The number of alkyl halides is 1. The molecule has 1 aromatic carbocycles. The number of ether oxygens (including phenoxy) is 1. The lowest BCUT2D eigenvalue weighted by Crippen LogP contribution is -2.35. The molecule has 0 aromatic heterocycles. The van der Waals surface area contributed by atoms with Crippen LogP contribution in [0.3, 0.4) is 0 Å². The van der Waals surface area contributed by atoms with Gasteiger partial charge in [-0.1, -0.05) is 25.0 Å². The summed E-state index contributed by atoms with van der Waals surface area (Å²) in [5, 5.41) is 0. The molecule has 1 saturated heterocycles. The molecule has 0 bridgehead atoms. The molecule has 1 aromatic rings. The molecule has 1 unspecified atom stereocenters. The van der Waals surface area contributed by atoms with E-state index in [9.17, 15) is 4.79 Å². The Morgan fingerprint density at radius 1 is 1.32 bits per heavy atom. The van der Waals surface area contributed by atoms with Gasteiger partial charge in [-0.05, 0) is 30.5 Å². The van der Waals surface area contributed by atoms with Crippen LogP contribution >= 0.6 is 11.6 Å². The molecule has 4 heteroatoms. The third-order valence-corrected chi connectivity index (χ3v) is 3.92. The van der Waals surface area contributed by atoms with Gasteiger partial charge in [0.15, 0.2) is 0 Å². The Labute approximate surface area is 119 Å². The van der Waals surface area contributed by atoms with E-state index in [2.05, 4.69) is 0 Å². The molecule has 0 saturated carbocycles. The maximum Gasteiger partial charge on any atom is 0.238 e. The summed E-state index contributed by atoms with van der Waals surface area (Å²) in [7, 11) is 1.66. The number of benzene rings is 1. The van der Waals surface area contributed by atoms with Crippen LogP contribution in [0.25, 0.3) is 0 Å². The molecule has 1 heterocycles. The Hall–Kier alpha value is -1.22. The first-order chi connectivity index (χ1) is 9.26. The molecular weight excluding hydrogens is 262 g/mol. The average Bonchev–Trinajstić information content (AvgIpc) is 2.72. The van der Waals surface area contributed by atoms with Gasteiger partial charge in [0, 0.05) is 6.54 Å².